The Kier molecular flexibility index (Phi) is 6.89. The first-order valence-electron chi connectivity index (χ1n) is 8.78. The topological polar surface area (TPSA) is 81.9 Å². The Morgan fingerprint density at radius 1 is 1.25 bits per heavy atom. The Hall–Kier alpha value is -2.58. The van der Waals surface area contributed by atoms with E-state index in [4.69, 9.17) is 16.3 Å². The molecule has 1 N–H and O–H groups in total. The molecule has 3 rings (SSSR count). The monoisotopic (exact) mass is 417 g/mol. The molecular weight excluding hydrogens is 398 g/mol. The molecule has 1 heterocycles. The summed E-state index contributed by atoms with van der Waals surface area (Å²) in [5.41, 5.74) is 1.59. The van der Waals surface area contributed by atoms with Crippen LogP contribution in [-0.4, -0.2) is 38.0 Å². The number of rotatable bonds is 8. The number of halogens is 1. The number of aromatic nitrogens is 4. The van der Waals surface area contributed by atoms with Gasteiger partial charge >= 0.3 is 0 Å². The van der Waals surface area contributed by atoms with E-state index < -0.39 is 5.25 Å². The van der Waals surface area contributed by atoms with Gasteiger partial charge in [-0.2, -0.15) is 4.68 Å². The standard InChI is InChI=1S/C19H20ClN5O2S/c1-3-27-17-11-7-6-10-16(17)25-19(22-23-24-25)28-13(2)18(26)21-12-14-8-4-5-9-15(14)20/h4-11,13H,3,12H2,1-2H3,(H,21,26). The second-order valence-electron chi connectivity index (χ2n) is 5.84. The molecule has 7 nitrogen and oxygen atoms in total. The maximum atomic E-state index is 12.5. The van der Waals surface area contributed by atoms with Crippen molar-refractivity contribution < 1.29 is 9.53 Å². The number of tetrazole rings is 1. The minimum Gasteiger partial charge on any atom is -0.492 e. The number of ether oxygens (including phenoxy) is 1. The van der Waals surface area contributed by atoms with Crippen LogP contribution >= 0.6 is 23.4 Å². The van der Waals surface area contributed by atoms with E-state index in [1.807, 2.05) is 49.4 Å². The second kappa shape index (κ2) is 9.57. The van der Waals surface area contributed by atoms with Gasteiger partial charge in [-0.1, -0.05) is 53.7 Å². The Morgan fingerprint density at radius 2 is 2.00 bits per heavy atom. The van der Waals surface area contributed by atoms with Crippen LogP contribution in [0.1, 0.15) is 19.4 Å². The van der Waals surface area contributed by atoms with Crippen LogP contribution in [0.4, 0.5) is 0 Å². The first-order chi connectivity index (χ1) is 13.6. The highest BCUT2D eigenvalue weighted by molar-refractivity contribution is 8.00. The van der Waals surface area contributed by atoms with Crippen molar-refractivity contribution in [2.24, 2.45) is 0 Å². The number of thioether (sulfide) groups is 1. The van der Waals surface area contributed by atoms with Gasteiger partial charge in [0.25, 0.3) is 0 Å². The van der Waals surface area contributed by atoms with Gasteiger partial charge in [-0.15, -0.1) is 5.10 Å². The van der Waals surface area contributed by atoms with Gasteiger partial charge in [0.2, 0.25) is 11.1 Å². The van der Waals surface area contributed by atoms with Gasteiger partial charge in [0.15, 0.2) is 0 Å². The maximum absolute atomic E-state index is 12.5. The maximum Gasteiger partial charge on any atom is 0.233 e. The predicted octanol–water partition coefficient (Wildman–Crippen LogP) is 3.51. The van der Waals surface area contributed by atoms with Crippen molar-refractivity contribution in [3.8, 4) is 11.4 Å². The van der Waals surface area contributed by atoms with Gasteiger partial charge in [0.05, 0.1) is 11.9 Å². The largest absolute Gasteiger partial charge is 0.492 e. The third kappa shape index (κ3) is 4.82. The highest BCUT2D eigenvalue weighted by Gasteiger charge is 2.20. The van der Waals surface area contributed by atoms with E-state index in [2.05, 4.69) is 20.8 Å². The average Bonchev–Trinajstić information content (AvgIpc) is 3.15. The normalized spacial score (nSPS) is 11.8. The van der Waals surface area contributed by atoms with Crippen LogP contribution in [0, 0.1) is 0 Å². The minimum atomic E-state index is -0.397. The Labute approximate surface area is 172 Å². The van der Waals surface area contributed by atoms with Gasteiger partial charge in [-0.3, -0.25) is 4.79 Å². The number of benzene rings is 2. The van der Waals surface area contributed by atoms with E-state index >= 15 is 0 Å². The van der Waals surface area contributed by atoms with Crippen molar-refractivity contribution in [3.05, 3.63) is 59.1 Å². The summed E-state index contributed by atoms with van der Waals surface area (Å²) >= 11 is 7.41. The van der Waals surface area contributed by atoms with Crippen molar-refractivity contribution in [2.45, 2.75) is 30.8 Å². The second-order valence-corrected chi connectivity index (χ2v) is 7.56. The molecule has 28 heavy (non-hydrogen) atoms. The molecule has 0 aliphatic carbocycles. The molecular formula is C19H20ClN5O2S. The number of carbonyl (C=O) groups is 1. The van der Waals surface area contributed by atoms with Gasteiger partial charge in [0, 0.05) is 11.6 Å². The van der Waals surface area contributed by atoms with Gasteiger partial charge < -0.3 is 10.1 Å². The van der Waals surface area contributed by atoms with Crippen LogP contribution in [0.3, 0.4) is 0 Å². The average molecular weight is 418 g/mol. The molecule has 1 amide bonds. The number of hydrogen-bond acceptors (Lipinski definition) is 6. The van der Waals surface area contributed by atoms with E-state index in [1.54, 1.807) is 17.7 Å². The van der Waals surface area contributed by atoms with Gasteiger partial charge in [-0.05, 0) is 48.0 Å². The lowest BCUT2D eigenvalue weighted by Gasteiger charge is -2.13. The molecule has 146 valence electrons. The molecule has 1 aromatic heterocycles. The molecule has 0 fully saturated rings. The number of hydrogen-bond donors (Lipinski definition) is 1. The van der Waals surface area contributed by atoms with Crippen molar-refractivity contribution in [3.63, 3.8) is 0 Å². The SMILES string of the molecule is CCOc1ccccc1-n1nnnc1SC(C)C(=O)NCc1ccccc1Cl. The Balaban J connectivity index is 1.69. The molecule has 1 unspecified atom stereocenters. The van der Waals surface area contributed by atoms with Crippen LogP contribution in [0.2, 0.25) is 5.02 Å². The summed E-state index contributed by atoms with van der Waals surface area (Å²) in [7, 11) is 0. The zero-order valence-electron chi connectivity index (χ0n) is 15.5. The fourth-order valence-electron chi connectivity index (χ4n) is 2.49. The molecule has 0 bridgehead atoms. The summed E-state index contributed by atoms with van der Waals surface area (Å²) < 4.78 is 7.23. The molecule has 9 heteroatoms. The molecule has 3 aromatic rings. The van der Waals surface area contributed by atoms with Crippen LogP contribution in [0.15, 0.2) is 53.7 Å². The van der Waals surface area contributed by atoms with E-state index in [0.717, 1.165) is 11.3 Å². The quantitative estimate of drug-likeness (QED) is 0.565. The molecule has 0 saturated carbocycles. The molecule has 1 atom stereocenters. The first kappa shape index (κ1) is 20.2. The minimum absolute atomic E-state index is 0.127. The third-order valence-electron chi connectivity index (χ3n) is 3.90. The predicted molar refractivity (Wildman–Crippen MR) is 109 cm³/mol. The van der Waals surface area contributed by atoms with E-state index in [0.29, 0.717) is 29.1 Å². The zero-order chi connectivity index (χ0) is 19.9. The van der Waals surface area contributed by atoms with Crippen LogP contribution in [0.25, 0.3) is 5.69 Å². The highest BCUT2D eigenvalue weighted by Crippen LogP contribution is 2.28. The number of carbonyl (C=O) groups excluding carboxylic acids is 1. The van der Waals surface area contributed by atoms with Crippen LogP contribution in [0.5, 0.6) is 5.75 Å². The molecule has 0 aliphatic heterocycles. The van der Waals surface area contributed by atoms with Crippen LogP contribution in [-0.2, 0) is 11.3 Å². The molecule has 0 radical (unpaired) electrons. The van der Waals surface area contributed by atoms with E-state index in [-0.39, 0.29) is 5.91 Å². The summed E-state index contributed by atoms with van der Waals surface area (Å²) in [4.78, 5) is 12.5. The van der Waals surface area contributed by atoms with Crippen molar-refractivity contribution >= 4 is 29.3 Å². The number of nitrogens with zero attached hydrogens (tertiary/aromatic N) is 4. The fraction of sp³-hybridized carbons (Fsp3) is 0.263. The smallest absolute Gasteiger partial charge is 0.233 e. The number of para-hydroxylation sites is 2. The number of amides is 1. The first-order valence-corrected chi connectivity index (χ1v) is 10.0. The van der Waals surface area contributed by atoms with Crippen molar-refractivity contribution in [1.82, 2.24) is 25.5 Å². The lowest BCUT2D eigenvalue weighted by Crippen LogP contribution is -2.30. The zero-order valence-corrected chi connectivity index (χ0v) is 17.1. The summed E-state index contributed by atoms with van der Waals surface area (Å²) in [5, 5.41) is 15.5. The highest BCUT2D eigenvalue weighted by atomic mass is 35.5. The van der Waals surface area contributed by atoms with Crippen molar-refractivity contribution in [2.75, 3.05) is 6.61 Å². The summed E-state index contributed by atoms with van der Waals surface area (Å²) in [6.45, 7) is 4.61. The van der Waals surface area contributed by atoms with Gasteiger partial charge in [-0.25, -0.2) is 0 Å². The van der Waals surface area contributed by atoms with Crippen LogP contribution < -0.4 is 10.1 Å². The molecule has 0 saturated heterocycles. The van der Waals surface area contributed by atoms with Gasteiger partial charge in [0.1, 0.15) is 11.4 Å². The lowest BCUT2D eigenvalue weighted by atomic mass is 10.2. The summed E-state index contributed by atoms with van der Waals surface area (Å²) in [6.07, 6.45) is 0. The molecule has 2 aromatic carbocycles. The van der Waals surface area contributed by atoms with Crippen molar-refractivity contribution in [1.29, 1.82) is 0 Å². The Bertz CT molecular complexity index is 949. The number of nitrogens with one attached hydrogen (secondary N) is 1. The summed E-state index contributed by atoms with van der Waals surface area (Å²) in [5.74, 6) is 0.549. The summed E-state index contributed by atoms with van der Waals surface area (Å²) in [6, 6.07) is 14.9. The molecule has 0 aliphatic rings. The molecule has 0 spiro atoms. The van der Waals surface area contributed by atoms with E-state index in [9.17, 15) is 4.79 Å². The Morgan fingerprint density at radius 3 is 2.79 bits per heavy atom. The van der Waals surface area contributed by atoms with E-state index in [1.165, 1.54) is 11.8 Å². The fourth-order valence-corrected chi connectivity index (χ4v) is 3.52. The third-order valence-corrected chi connectivity index (χ3v) is 5.30. The lowest BCUT2D eigenvalue weighted by molar-refractivity contribution is -0.120.